The molecule has 0 bridgehead atoms. The van der Waals surface area contributed by atoms with Gasteiger partial charge in [0.2, 0.25) is 5.95 Å². The van der Waals surface area contributed by atoms with Gasteiger partial charge in [0, 0.05) is 13.3 Å². The van der Waals surface area contributed by atoms with E-state index in [1.807, 2.05) is 0 Å². The largest absolute Gasteiger partial charge is 0.359 e. The summed E-state index contributed by atoms with van der Waals surface area (Å²) in [5.41, 5.74) is -1.25. The molecule has 0 aliphatic carbocycles. The van der Waals surface area contributed by atoms with Crippen molar-refractivity contribution < 1.29 is 4.92 Å². The summed E-state index contributed by atoms with van der Waals surface area (Å²) in [6.45, 7) is 3.36. The summed E-state index contributed by atoms with van der Waals surface area (Å²) in [6.07, 6.45) is 4.45. The van der Waals surface area contributed by atoms with E-state index in [9.17, 15) is 14.9 Å². The van der Waals surface area contributed by atoms with Gasteiger partial charge in [-0.25, -0.2) is 9.98 Å². The normalized spacial score (nSPS) is 11.5. The Labute approximate surface area is 97.3 Å². The minimum atomic E-state index is -0.732. The minimum Gasteiger partial charge on any atom is -0.274 e. The standard InChI is InChI=1S/C10H12N4O3/c1-4-6-7-8(14(16)17)9(15)13(3)10(12-7)11-5-2/h4-6H,1-3H3/b6-4+,11-5+. The molecule has 1 aromatic rings. The molecule has 0 amide bonds. The van der Waals surface area contributed by atoms with Crippen molar-refractivity contribution >= 4 is 23.9 Å². The SMILES string of the molecule is C/C=C/c1nc(/N=C/C)n(C)c(=O)c1[N+](=O)[O-]. The number of aromatic nitrogens is 2. The van der Waals surface area contributed by atoms with Crippen LogP contribution in [-0.2, 0) is 7.05 Å². The molecule has 0 saturated carbocycles. The lowest BCUT2D eigenvalue weighted by molar-refractivity contribution is -0.387. The van der Waals surface area contributed by atoms with Gasteiger partial charge in [-0.2, -0.15) is 0 Å². The molecule has 17 heavy (non-hydrogen) atoms. The van der Waals surface area contributed by atoms with Crippen LogP contribution < -0.4 is 5.56 Å². The van der Waals surface area contributed by atoms with Crippen LogP contribution in [0.5, 0.6) is 0 Å². The summed E-state index contributed by atoms with van der Waals surface area (Å²) < 4.78 is 1.05. The highest BCUT2D eigenvalue weighted by Crippen LogP contribution is 2.16. The Balaban J connectivity index is 3.68. The van der Waals surface area contributed by atoms with Gasteiger partial charge in [0.15, 0.2) is 5.69 Å². The van der Waals surface area contributed by atoms with E-state index >= 15 is 0 Å². The van der Waals surface area contributed by atoms with E-state index in [0.29, 0.717) is 0 Å². The molecule has 0 spiro atoms. The number of hydrogen-bond acceptors (Lipinski definition) is 5. The Morgan fingerprint density at radius 1 is 1.47 bits per heavy atom. The average Bonchev–Trinajstić information content (AvgIpc) is 2.25. The van der Waals surface area contributed by atoms with Crippen molar-refractivity contribution in [3.8, 4) is 0 Å². The minimum absolute atomic E-state index is 0.0150. The van der Waals surface area contributed by atoms with Gasteiger partial charge in [0.25, 0.3) is 0 Å². The lowest BCUT2D eigenvalue weighted by Gasteiger charge is -2.03. The van der Waals surface area contributed by atoms with Gasteiger partial charge in [-0.3, -0.25) is 19.5 Å². The van der Waals surface area contributed by atoms with Crippen LogP contribution >= 0.6 is 0 Å². The Morgan fingerprint density at radius 3 is 2.59 bits per heavy atom. The molecular formula is C10H12N4O3. The van der Waals surface area contributed by atoms with Crippen LogP contribution in [0.15, 0.2) is 15.9 Å². The molecule has 0 saturated heterocycles. The van der Waals surface area contributed by atoms with Crippen molar-refractivity contribution in [2.24, 2.45) is 12.0 Å². The van der Waals surface area contributed by atoms with E-state index in [0.717, 1.165) is 4.57 Å². The maximum Gasteiger partial charge on any atom is 0.359 e. The van der Waals surface area contributed by atoms with Crippen molar-refractivity contribution in [1.82, 2.24) is 9.55 Å². The highest BCUT2D eigenvalue weighted by molar-refractivity contribution is 5.60. The van der Waals surface area contributed by atoms with Crippen molar-refractivity contribution in [2.45, 2.75) is 13.8 Å². The van der Waals surface area contributed by atoms with Crippen LogP contribution in [-0.4, -0.2) is 20.7 Å². The van der Waals surface area contributed by atoms with Crippen LogP contribution in [0.4, 0.5) is 11.6 Å². The molecule has 0 aliphatic heterocycles. The first-order valence-electron chi connectivity index (χ1n) is 4.89. The molecule has 90 valence electrons. The summed E-state index contributed by atoms with van der Waals surface area (Å²) in [7, 11) is 1.39. The van der Waals surface area contributed by atoms with E-state index < -0.39 is 16.2 Å². The highest BCUT2D eigenvalue weighted by Gasteiger charge is 2.22. The zero-order chi connectivity index (χ0) is 13.0. The number of hydrogen-bond donors (Lipinski definition) is 0. The number of aliphatic imine (C=N–C) groups is 1. The summed E-state index contributed by atoms with van der Waals surface area (Å²) in [6, 6.07) is 0. The van der Waals surface area contributed by atoms with Crippen LogP contribution in [0, 0.1) is 10.1 Å². The van der Waals surface area contributed by atoms with Gasteiger partial charge < -0.3 is 0 Å². The van der Waals surface area contributed by atoms with Crippen molar-refractivity contribution in [1.29, 1.82) is 0 Å². The first kappa shape index (κ1) is 12.8. The molecule has 7 nitrogen and oxygen atoms in total. The molecular weight excluding hydrogens is 224 g/mol. The van der Waals surface area contributed by atoms with E-state index in [-0.39, 0.29) is 11.6 Å². The maximum atomic E-state index is 11.8. The molecule has 0 unspecified atom stereocenters. The van der Waals surface area contributed by atoms with Gasteiger partial charge in [-0.1, -0.05) is 6.08 Å². The molecule has 0 fully saturated rings. The third-order valence-corrected chi connectivity index (χ3v) is 2.02. The number of rotatable bonds is 3. The lowest BCUT2D eigenvalue weighted by atomic mass is 10.3. The third-order valence-electron chi connectivity index (χ3n) is 2.02. The fourth-order valence-corrected chi connectivity index (χ4v) is 1.27. The molecule has 0 N–H and O–H groups in total. The number of allylic oxidation sites excluding steroid dienone is 1. The lowest BCUT2D eigenvalue weighted by Crippen LogP contribution is -2.22. The van der Waals surface area contributed by atoms with Crippen molar-refractivity contribution in [3.05, 3.63) is 32.2 Å². The van der Waals surface area contributed by atoms with E-state index in [1.165, 1.54) is 19.3 Å². The second-order valence-corrected chi connectivity index (χ2v) is 3.15. The smallest absolute Gasteiger partial charge is 0.274 e. The Bertz CT molecular complexity index is 557. The van der Waals surface area contributed by atoms with Gasteiger partial charge in [0.05, 0.1) is 4.92 Å². The van der Waals surface area contributed by atoms with Gasteiger partial charge in [0.1, 0.15) is 0 Å². The third kappa shape index (κ3) is 2.44. The van der Waals surface area contributed by atoms with Crippen molar-refractivity contribution in [3.63, 3.8) is 0 Å². The predicted molar refractivity (Wildman–Crippen MR) is 64.7 cm³/mol. The molecule has 0 aliphatic rings. The fourth-order valence-electron chi connectivity index (χ4n) is 1.27. The van der Waals surface area contributed by atoms with Crippen LogP contribution in [0.2, 0.25) is 0 Å². The molecule has 0 radical (unpaired) electrons. The zero-order valence-electron chi connectivity index (χ0n) is 9.75. The predicted octanol–water partition coefficient (Wildman–Crippen LogP) is 1.44. The number of nitro groups is 1. The molecule has 1 rings (SSSR count). The average molecular weight is 236 g/mol. The summed E-state index contributed by atoms with van der Waals surface area (Å²) in [4.78, 5) is 29.7. The quantitative estimate of drug-likeness (QED) is 0.451. The van der Waals surface area contributed by atoms with E-state index in [2.05, 4.69) is 9.98 Å². The first-order valence-corrected chi connectivity index (χ1v) is 4.89. The second-order valence-electron chi connectivity index (χ2n) is 3.15. The van der Waals surface area contributed by atoms with Gasteiger partial charge in [-0.05, 0) is 19.9 Å². The van der Waals surface area contributed by atoms with Gasteiger partial charge in [-0.15, -0.1) is 0 Å². The summed E-state index contributed by atoms with van der Waals surface area (Å²) in [5.74, 6) is 0.135. The molecule has 1 aromatic heterocycles. The van der Waals surface area contributed by atoms with Crippen LogP contribution in [0.1, 0.15) is 19.5 Å². The Hall–Kier alpha value is -2.31. The first-order chi connectivity index (χ1) is 8.02. The Morgan fingerprint density at radius 2 is 2.12 bits per heavy atom. The Kier molecular flexibility index (Phi) is 3.86. The zero-order valence-corrected chi connectivity index (χ0v) is 9.75. The van der Waals surface area contributed by atoms with Gasteiger partial charge >= 0.3 is 11.2 Å². The maximum absolute atomic E-state index is 11.8. The van der Waals surface area contributed by atoms with E-state index in [4.69, 9.17) is 0 Å². The van der Waals surface area contributed by atoms with Crippen LogP contribution in [0.3, 0.4) is 0 Å². The molecule has 0 atom stereocenters. The topological polar surface area (TPSA) is 90.4 Å². The number of nitrogens with zero attached hydrogens (tertiary/aromatic N) is 4. The summed E-state index contributed by atoms with van der Waals surface area (Å²) >= 11 is 0. The highest BCUT2D eigenvalue weighted by atomic mass is 16.6. The monoisotopic (exact) mass is 236 g/mol. The molecule has 0 aromatic carbocycles. The molecule has 1 heterocycles. The summed E-state index contributed by atoms with van der Waals surface area (Å²) in [5, 5.41) is 10.8. The second kappa shape index (κ2) is 5.15. The van der Waals surface area contributed by atoms with Crippen LogP contribution in [0.25, 0.3) is 6.08 Å². The molecule has 7 heteroatoms. The van der Waals surface area contributed by atoms with Crippen molar-refractivity contribution in [2.75, 3.05) is 0 Å². The van der Waals surface area contributed by atoms with E-state index in [1.54, 1.807) is 19.9 Å². The fraction of sp³-hybridized carbons (Fsp3) is 0.300.